The fraction of sp³-hybridized carbons (Fsp3) is 0. The Morgan fingerprint density at radius 2 is 1.89 bits per heavy atom. The van der Waals surface area contributed by atoms with E-state index in [4.69, 9.17) is 25.7 Å². The second-order valence-corrected chi connectivity index (χ2v) is 6.32. The molecule has 2 aromatic carbocycles. The van der Waals surface area contributed by atoms with Gasteiger partial charge in [-0.2, -0.15) is 10.4 Å². The maximum Gasteiger partial charge on any atom is 0.307 e. The number of hydrogen-bond acceptors (Lipinski definition) is 5. The lowest BCUT2D eigenvalue weighted by molar-refractivity contribution is 0.0929. The number of hydrazone groups is 1. The van der Waals surface area contributed by atoms with E-state index in [1.165, 1.54) is 6.21 Å². The van der Waals surface area contributed by atoms with Crippen molar-refractivity contribution < 1.29 is 13.6 Å². The number of carbonyl (C=O) groups is 1. The molecule has 1 amide bonds. The van der Waals surface area contributed by atoms with Crippen LogP contribution in [0.1, 0.15) is 21.9 Å². The van der Waals surface area contributed by atoms with Crippen LogP contribution < -0.4 is 5.43 Å². The van der Waals surface area contributed by atoms with Gasteiger partial charge in [-0.05, 0) is 60.7 Å². The van der Waals surface area contributed by atoms with Crippen LogP contribution in [0.25, 0.3) is 22.3 Å². The number of hydrogen-bond donors (Lipinski definition) is 1. The van der Waals surface area contributed by atoms with Crippen LogP contribution in [0.3, 0.4) is 0 Å². The van der Waals surface area contributed by atoms with Gasteiger partial charge in [-0.25, -0.2) is 5.43 Å². The second kappa shape index (κ2) is 7.43. The number of rotatable bonds is 4. The first-order chi connectivity index (χ1) is 13.6. The third-order valence-electron chi connectivity index (χ3n) is 3.99. The summed E-state index contributed by atoms with van der Waals surface area (Å²) in [5, 5.41) is 14.0. The molecule has 0 aliphatic rings. The maximum atomic E-state index is 12.2. The number of fused-ring (bicyclic) bond motifs is 1. The van der Waals surface area contributed by atoms with Crippen LogP contribution in [-0.4, -0.2) is 12.1 Å². The quantitative estimate of drug-likeness (QED) is 0.393. The molecular weight excluding hydrogens is 378 g/mol. The summed E-state index contributed by atoms with van der Waals surface area (Å²) < 4.78 is 11.1. The minimum atomic E-state index is -0.484. The fourth-order valence-electron chi connectivity index (χ4n) is 2.62. The summed E-state index contributed by atoms with van der Waals surface area (Å²) in [6, 6.07) is 19.3. The van der Waals surface area contributed by atoms with Gasteiger partial charge in [0, 0.05) is 16.0 Å². The molecule has 0 saturated carbocycles. The van der Waals surface area contributed by atoms with Crippen LogP contribution in [0.5, 0.6) is 0 Å². The minimum absolute atomic E-state index is 0.132. The highest BCUT2D eigenvalue weighted by Crippen LogP contribution is 2.23. The molecule has 0 saturated heterocycles. The number of amides is 1. The summed E-state index contributed by atoms with van der Waals surface area (Å²) in [6.07, 6.45) is 1.39. The lowest BCUT2D eigenvalue weighted by atomic mass is 10.1. The summed E-state index contributed by atoms with van der Waals surface area (Å²) in [4.78, 5) is 12.2. The van der Waals surface area contributed by atoms with E-state index in [0.717, 1.165) is 10.9 Å². The standard InChI is InChI=1S/C21H12ClN3O3/c22-16-5-7-19-15(9-16)10-20(28-19)21(26)25-24-12-17-6-8-18(27-17)14-3-1-13(11-23)2-4-14/h1-10,12H,(H,25,26)/b24-12-. The summed E-state index contributed by atoms with van der Waals surface area (Å²) in [6.45, 7) is 0. The van der Waals surface area contributed by atoms with Crippen LogP contribution in [-0.2, 0) is 0 Å². The molecule has 4 aromatic rings. The zero-order chi connectivity index (χ0) is 19.5. The predicted molar refractivity (Wildman–Crippen MR) is 105 cm³/mol. The lowest BCUT2D eigenvalue weighted by Gasteiger charge is -1.96. The van der Waals surface area contributed by atoms with Gasteiger partial charge in [0.15, 0.2) is 5.76 Å². The number of nitrogens with one attached hydrogen (secondary N) is 1. The van der Waals surface area contributed by atoms with Gasteiger partial charge in [0.05, 0.1) is 17.8 Å². The number of benzene rings is 2. The van der Waals surface area contributed by atoms with Gasteiger partial charge in [0.1, 0.15) is 17.1 Å². The van der Waals surface area contributed by atoms with Crippen LogP contribution in [0.15, 0.2) is 74.6 Å². The average molecular weight is 390 g/mol. The normalized spacial score (nSPS) is 11.0. The first-order valence-corrected chi connectivity index (χ1v) is 8.63. The summed E-state index contributed by atoms with van der Waals surface area (Å²) in [5.41, 5.74) is 4.37. The SMILES string of the molecule is N#Cc1ccc(-c2ccc(/C=N\NC(=O)c3cc4cc(Cl)ccc4o3)o2)cc1. The van der Waals surface area contributed by atoms with Crippen LogP contribution in [0, 0.1) is 11.3 Å². The number of nitrogens with zero attached hydrogens (tertiary/aromatic N) is 2. The topological polar surface area (TPSA) is 91.5 Å². The maximum absolute atomic E-state index is 12.2. The Hall–Kier alpha value is -3.82. The molecule has 0 bridgehead atoms. The molecule has 0 aliphatic heterocycles. The van der Waals surface area contributed by atoms with E-state index in [-0.39, 0.29) is 5.76 Å². The van der Waals surface area contributed by atoms with Crippen molar-refractivity contribution in [3.8, 4) is 17.4 Å². The Bertz CT molecular complexity index is 1230. The van der Waals surface area contributed by atoms with Crippen molar-refractivity contribution in [2.24, 2.45) is 5.10 Å². The van der Waals surface area contributed by atoms with Gasteiger partial charge in [-0.1, -0.05) is 11.6 Å². The van der Waals surface area contributed by atoms with Gasteiger partial charge in [-0.3, -0.25) is 4.79 Å². The van der Waals surface area contributed by atoms with Crippen LogP contribution in [0.2, 0.25) is 5.02 Å². The van der Waals surface area contributed by atoms with Gasteiger partial charge in [0.2, 0.25) is 0 Å². The third kappa shape index (κ3) is 3.65. The molecule has 2 aromatic heterocycles. The van der Waals surface area contributed by atoms with E-state index >= 15 is 0 Å². The van der Waals surface area contributed by atoms with Crippen molar-refractivity contribution in [3.05, 3.63) is 82.8 Å². The van der Waals surface area contributed by atoms with Gasteiger partial charge in [0.25, 0.3) is 0 Å². The second-order valence-electron chi connectivity index (χ2n) is 5.88. The van der Waals surface area contributed by atoms with Crippen molar-refractivity contribution >= 4 is 34.7 Å². The highest BCUT2D eigenvalue weighted by molar-refractivity contribution is 6.31. The van der Waals surface area contributed by atoms with Crippen LogP contribution >= 0.6 is 11.6 Å². The van der Waals surface area contributed by atoms with E-state index in [9.17, 15) is 4.79 Å². The van der Waals surface area contributed by atoms with E-state index < -0.39 is 5.91 Å². The van der Waals surface area contributed by atoms with E-state index in [1.54, 1.807) is 60.7 Å². The highest BCUT2D eigenvalue weighted by Gasteiger charge is 2.12. The molecule has 4 rings (SSSR count). The molecule has 7 heteroatoms. The van der Waals surface area contributed by atoms with Crippen molar-refractivity contribution in [2.45, 2.75) is 0 Å². The molecule has 1 N–H and O–H groups in total. The zero-order valence-electron chi connectivity index (χ0n) is 14.3. The number of carbonyl (C=O) groups excluding carboxylic acids is 1. The highest BCUT2D eigenvalue weighted by atomic mass is 35.5. The first-order valence-electron chi connectivity index (χ1n) is 8.25. The van der Waals surface area contributed by atoms with E-state index in [0.29, 0.717) is 27.7 Å². The molecule has 2 heterocycles. The summed E-state index contributed by atoms with van der Waals surface area (Å²) in [5.74, 6) is 0.747. The molecule has 0 fully saturated rings. The van der Waals surface area contributed by atoms with Gasteiger partial charge < -0.3 is 8.83 Å². The van der Waals surface area contributed by atoms with Gasteiger partial charge in [-0.15, -0.1) is 0 Å². The first kappa shape index (κ1) is 17.6. The Morgan fingerprint density at radius 3 is 2.68 bits per heavy atom. The summed E-state index contributed by atoms with van der Waals surface area (Å²) in [7, 11) is 0. The predicted octanol–water partition coefficient (Wildman–Crippen LogP) is 4.98. The number of furan rings is 2. The smallest absolute Gasteiger partial charge is 0.307 e. The molecule has 0 atom stereocenters. The van der Waals surface area contributed by atoms with Crippen molar-refractivity contribution in [2.75, 3.05) is 0 Å². The average Bonchev–Trinajstić information content (AvgIpc) is 3.34. The monoisotopic (exact) mass is 389 g/mol. The van der Waals surface area contributed by atoms with Crippen molar-refractivity contribution in [1.29, 1.82) is 5.26 Å². The molecule has 136 valence electrons. The molecular formula is C21H12ClN3O3. The van der Waals surface area contributed by atoms with Crippen LogP contribution in [0.4, 0.5) is 0 Å². The fourth-order valence-corrected chi connectivity index (χ4v) is 2.80. The Balaban J connectivity index is 1.43. The molecule has 0 unspecified atom stereocenters. The Morgan fingerprint density at radius 1 is 1.07 bits per heavy atom. The lowest BCUT2D eigenvalue weighted by Crippen LogP contribution is -2.16. The molecule has 0 spiro atoms. The Labute approximate surface area is 164 Å². The molecule has 28 heavy (non-hydrogen) atoms. The number of halogens is 1. The largest absolute Gasteiger partial charge is 0.455 e. The van der Waals surface area contributed by atoms with Crippen molar-refractivity contribution in [3.63, 3.8) is 0 Å². The van der Waals surface area contributed by atoms with E-state index in [1.807, 2.05) is 0 Å². The summed E-state index contributed by atoms with van der Waals surface area (Å²) >= 11 is 5.93. The number of nitriles is 1. The zero-order valence-corrected chi connectivity index (χ0v) is 15.1. The molecule has 0 radical (unpaired) electrons. The van der Waals surface area contributed by atoms with Crippen molar-refractivity contribution in [1.82, 2.24) is 5.43 Å². The Kier molecular flexibility index (Phi) is 4.67. The van der Waals surface area contributed by atoms with E-state index in [2.05, 4.69) is 16.6 Å². The van der Waals surface area contributed by atoms with Gasteiger partial charge >= 0.3 is 5.91 Å². The molecule has 6 nitrogen and oxygen atoms in total. The minimum Gasteiger partial charge on any atom is -0.455 e. The molecule has 0 aliphatic carbocycles. The third-order valence-corrected chi connectivity index (χ3v) is 4.22.